The molecule has 6 nitrogen and oxygen atoms in total. The summed E-state index contributed by atoms with van der Waals surface area (Å²) in [6, 6.07) is 8.33. The van der Waals surface area contributed by atoms with Crippen molar-refractivity contribution in [1.29, 1.82) is 0 Å². The van der Waals surface area contributed by atoms with Gasteiger partial charge < -0.3 is 15.0 Å². The largest absolute Gasteiger partial charge is 0.488 e. The Bertz CT molecular complexity index is 1140. The van der Waals surface area contributed by atoms with E-state index in [1.807, 2.05) is 0 Å². The van der Waals surface area contributed by atoms with Gasteiger partial charge in [-0.05, 0) is 36.2 Å². The zero-order chi connectivity index (χ0) is 20.6. The van der Waals surface area contributed by atoms with Crippen LogP contribution in [0.4, 0.5) is 8.78 Å². The zero-order valence-electron chi connectivity index (χ0n) is 15.5. The van der Waals surface area contributed by atoms with Crippen LogP contribution in [-0.4, -0.2) is 22.5 Å². The summed E-state index contributed by atoms with van der Waals surface area (Å²) in [5, 5.41) is 2.88. The Kier molecular flexibility index (Phi) is 4.62. The van der Waals surface area contributed by atoms with Gasteiger partial charge in [0.05, 0.1) is 12.2 Å². The number of H-pyrrole nitrogens is 1. The normalized spacial score (nSPS) is 17.9. The molecule has 1 aliphatic heterocycles. The third-order valence-corrected chi connectivity index (χ3v) is 5.02. The Hall–Kier alpha value is -3.55. The van der Waals surface area contributed by atoms with E-state index in [0.29, 0.717) is 11.1 Å². The molecule has 0 bridgehead atoms. The highest BCUT2D eigenvalue weighted by Gasteiger charge is 2.44. The lowest BCUT2D eigenvalue weighted by Gasteiger charge is -2.39. The molecule has 1 atom stereocenters. The molecule has 0 radical (unpaired) electrons. The molecule has 8 heteroatoms. The van der Waals surface area contributed by atoms with Crippen molar-refractivity contribution in [2.75, 3.05) is 6.61 Å². The Labute approximate surface area is 164 Å². The molecule has 0 fully saturated rings. The fourth-order valence-electron chi connectivity index (χ4n) is 3.44. The fourth-order valence-corrected chi connectivity index (χ4v) is 3.44. The van der Waals surface area contributed by atoms with Crippen LogP contribution in [0.3, 0.4) is 0 Å². The first-order valence-corrected chi connectivity index (χ1v) is 8.96. The van der Waals surface area contributed by atoms with Crippen LogP contribution < -0.4 is 15.6 Å². The second-order valence-electron chi connectivity index (χ2n) is 6.83. The van der Waals surface area contributed by atoms with E-state index in [1.54, 1.807) is 19.1 Å². The summed E-state index contributed by atoms with van der Waals surface area (Å²) in [6.07, 6.45) is 2.77. The van der Waals surface area contributed by atoms with Crippen LogP contribution in [0.2, 0.25) is 0 Å². The first-order valence-electron chi connectivity index (χ1n) is 8.96. The van der Waals surface area contributed by atoms with E-state index >= 15 is 0 Å². The number of fused-ring (bicyclic) bond motifs is 1. The number of nitrogens with one attached hydrogen (secondary N) is 2. The molecule has 3 aromatic rings. The molecule has 2 N–H and O–H groups in total. The van der Waals surface area contributed by atoms with Crippen LogP contribution in [-0.2, 0) is 5.54 Å². The van der Waals surface area contributed by atoms with Crippen LogP contribution in [0.1, 0.15) is 33.6 Å². The Morgan fingerprint density at radius 2 is 2.03 bits per heavy atom. The number of pyridine rings is 2. The second kappa shape index (κ2) is 7.12. The number of hydrogen-bond donors (Lipinski definition) is 2. The van der Waals surface area contributed by atoms with Crippen molar-refractivity contribution >= 4 is 5.91 Å². The topological polar surface area (TPSA) is 84.1 Å². The molecule has 1 aliphatic rings. The van der Waals surface area contributed by atoms with Gasteiger partial charge in [0, 0.05) is 24.9 Å². The molecular formula is C21H17F2N3O3. The zero-order valence-corrected chi connectivity index (χ0v) is 15.5. The van der Waals surface area contributed by atoms with Crippen molar-refractivity contribution in [3.05, 3.63) is 93.2 Å². The Morgan fingerprint density at radius 1 is 1.21 bits per heavy atom. The number of rotatable bonds is 3. The minimum atomic E-state index is -1.31. The number of benzene rings is 1. The highest BCUT2D eigenvalue weighted by Crippen LogP contribution is 2.42. The molecule has 0 aliphatic carbocycles. The first-order chi connectivity index (χ1) is 13.9. The van der Waals surface area contributed by atoms with Crippen LogP contribution in [0.15, 0.2) is 53.6 Å². The molecule has 148 valence electrons. The number of aromatic nitrogens is 2. The number of halogens is 2. The summed E-state index contributed by atoms with van der Waals surface area (Å²) in [4.78, 5) is 31.0. The quantitative estimate of drug-likeness (QED) is 0.712. The van der Waals surface area contributed by atoms with Gasteiger partial charge in [-0.25, -0.2) is 8.78 Å². The minimum absolute atomic E-state index is 0.0819. The van der Waals surface area contributed by atoms with Gasteiger partial charge in [-0.1, -0.05) is 12.1 Å². The highest BCUT2D eigenvalue weighted by atomic mass is 19.1. The van der Waals surface area contributed by atoms with Gasteiger partial charge in [0.1, 0.15) is 17.1 Å². The predicted octanol–water partition coefficient (Wildman–Crippen LogP) is 2.81. The van der Waals surface area contributed by atoms with E-state index in [-0.39, 0.29) is 35.6 Å². The molecule has 0 saturated heterocycles. The van der Waals surface area contributed by atoms with Crippen molar-refractivity contribution in [3.63, 3.8) is 0 Å². The molecule has 2 aromatic heterocycles. The summed E-state index contributed by atoms with van der Waals surface area (Å²) in [5.74, 6) is -1.68. The molecular weight excluding hydrogens is 380 g/mol. The predicted molar refractivity (Wildman–Crippen MR) is 101 cm³/mol. The van der Waals surface area contributed by atoms with Crippen LogP contribution in [0, 0.1) is 18.6 Å². The van der Waals surface area contributed by atoms with Crippen LogP contribution in [0.25, 0.3) is 0 Å². The van der Waals surface area contributed by atoms with Gasteiger partial charge in [-0.3, -0.25) is 14.6 Å². The molecule has 1 aromatic carbocycles. The summed E-state index contributed by atoms with van der Waals surface area (Å²) in [5.41, 5.74) is -0.448. The smallest absolute Gasteiger partial charge is 0.253 e. The molecule has 0 saturated carbocycles. The standard InChI is InChI=1S/C21H17F2N3O3/c1-12-2-4-14(10-16(12)23)21(26-20(28)13-3-5-17(27)25-11-13)7-9-29-18-15(22)6-8-24-19(18)21/h2-6,8,10-11H,7,9H2,1H3,(H,25,27)(H,26,28)/t21-/m0/s1. The van der Waals surface area contributed by atoms with Crippen molar-refractivity contribution in [2.24, 2.45) is 0 Å². The molecule has 29 heavy (non-hydrogen) atoms. The Balaban J connectivity index is 1.88. The van der Waals surface area contributed by atoms with Gasteiger partial charge in [0.2, 0.25) is 5.56 Å². The van der Waals surface area contributed by atoms with Crippen molar-refractivity contribution in [1.82, 2.24) is 15.3 Å². The van der Waals surface area contributed by atoms with Gasteiger partial charge >= 0.3 is 0 Å². The lowest BCUT2D eigenvalue weighted by molar-refractivity contribution is 0.0880. The maximum atomic E-state index is 14.4. The lowest BCUT2D eigenvalue weighted by atomic mass is 9.80. The SMILES string of the molecule is Cc1ccc([C@@]2(NC(=O)c3ccc(=O)[nH]c3)CCOc3c(F)ccnc32)cc1F. The summed E-state index contributed by atoms with van der Waals surface area (Å²) < 4.78 is 34.2. The van der Waals surface area contributed by atoms with E-state index in [9.17, 15) is 18.4 Å². The summed E-state index contributed by atoms with van der Waals surface area (Å²) in [7, 11) is 0. The fraction of sp³-hybridized carbons (Fsp3) is 0.190. The van der Waals surface area contributed by atoms with E-state index in [1.165, 1.54) is 30.6 Å². The van der Waals surface area contributed by atoms with Crippen LogP contribution >= 0.6 is 0 Å². The number of hydrogen-bond acceptors (Lipinski definition) is 4. The third kappa shape index (κ3) is 3.26. The second-order valence-corrected chi connectivity index (χ2v) is 6.83. The molecule has 0 spiro atoms. The summed E-state index contributed by atoms with van der Waals surface area (Å²) >= 11 is 0. The van der Waals surface area contributed by atoms with Gasteiger partial charge in [0.25, 0.3) is 5.91 Å². The molecule has 4 rings (SSSR count). The van der Waals surface area contributed by atoms with Gasteiger partial charge in [-0.2, -0.15) is 0 Å². The van der Waals surface area contributed by atoms with E-state index in [4.69, 9.17) is 4.74 Å². The lowest BCUT2D eigenvalue weighted by Crippen LogP contribution is -2.50. The molecule has 1 amide bonds. The number of aromatic amines is 1. The third-order valence-electron chi connectivity index (χ3n) is 5.02. The number of carbonyl (C=O) groups excluding carboxylic acids is 1. The van der Waals surface area contributed by atoms with Crippen molar-refractivity contribution in [3.8, 4) is 5.75 Å². The molecule has 3 heterocycles. The maximum absolute atomic E-state index is 14.4. The number of nitrogens with zero attached hydrogens (tertiary/aromatic N) is 1. The van der Waals surface area contributed by atoms with Crippen molar-refractivity contribution in [2.45, 2.75) is 18.9 Å². The number of aryl methyl sites for hydroxylation is 1. The number of amides is 1. The number of ether oxygens (including phenoxy) is 1. The average Bonchev–Trinajstić information content (AvgIpc) is 2.71. The Morgan fingerprint density at radius 3 is 2.76 bits per heavy atom. The van der Waals surface area contributed by atoms with Gasteiger partial charge in [0.15, 0.2) is 11.6 Å². The van der Waals surface area contributed by atoms with Crippen LogP contribution in [0.5, 0.6) is 5.75 Å². The first kappa shape index (κ1) is 18.8. The summed E-state index contributed by atoms with van der Waals surface area (Å²) in [6.45, 7) is 1.72. The van der Waals surface area contributed by atoms with Gasteiger partial charge in [-0.15, -0.1) is 0 Å². The maximum Gasteiger partial charge on any atom is 0.253 e. The van der Waals surface area contributed by atoms with E-state index < -0.39 is 23.1 Å². The van der Waals surface area contributed by atoms with E-state index in [2.05, 4.69) is 15.3 Å². The minimum Gasteiger partial charge on any atom is -0.488 e. The van der Waals surface area contributed by atoms with Crippen molar-refractivity contribution < 1.29 is 18.3 Å². The van der Waals surface area contributed by atoms with E-state index in [0.717, 1.165) is 6.07 Å². The molecule has 0 unspecified atom stereocenters. The average molecular weight is 397 g/mol. The number of carbonyl (C=O) groups is 1. The monoisotopic (exact) mass is 397 g/mol. The highest BCUT2D eigenvalue weighted by molar-refractivity contribution is 5.94.